The topological polar surface area (TPSA) is 54.3 Å². The maximum absolute atomic E-state index is 11.5. The molecule has 3 rings (SSSR count). The fourth-order valence-electron chi connectivity index (χ4n) is 3.38. The lowest BCUT2D eigenvalue weighted by Gasteiger charge is -2.31. The zero-order valence-corrected chi connectivity index (χ0v) is 13.0. The van der Waals surface area contributed by atoms with E-state index in [2.05, 4.69) is 38.2 Å². The summed E-state index contributed by atoms with van der Waals surface area (Å²) in [5.41, 5.74) is 4.54. The van der Waals surface area contributed by atoms with Crippen LogP contribution in [0.1, 0.15) is 38.8 Å². The third-order valence-electron chi connectivity index (χ3n) is 4.05. The van der Waals surface area contributed by atoms with Gasteiger partial charge < -0.3 is 15.0 Å². The van der Waals surface area contributed by atoms with Crippen LogP contribution >= 0.6 is 0 Å². The van der Waals surface area contributed by atoms with Crippen LogP contribution in [0.4, 0.5) is 5.69 Å². The van der Waals surface area contributed by atoms with E-state index in [1.165, 1.54) is 12.5 Å². The number of anilines is 1. The Hall–Kier alpha value is -2.23. The minimum atomic E-state index is -0.342. The number of aromatic hydroxyl groups is 1. The minimum Gasteiger partial charge on any atom is -0.493 e. The molecule has 1 aliphatic rings. The monoisotopic (exact) mass is 284 g/mol. The van der Waals surface area contributed by atoms with E-state index in [4.69, 9.17) is 0 Å². The van der Waals surface area contributed by atoms with Crippen LogP contribution in [0.25, 0.3) is 16.5 Å². The number of nitrogens with one attached hydrogen (secondary N) is 1. The van der Waals surface area contributed by atoms with Crippen molar-refractivity contribution < 1.29 is 9.90 Å². The third kappa shape index (κ3) is 1.86. The first kappa shape index (κ1) is 13.7. The second-order valence-corrected chi connectivity index (χ2v) is 6.40. The van der Waals surface area contributed by atoms with Crippen LogP contribution in [-0.2, 0) is 10.3 Å². The van der Waals surface area contributed by atoms with Gasteiger partial charge in [-0.25, -0.2) is 0 Å². The van der Waals surface area contributed by atoms with Gasteiger partial charge in [0.1, 0.15) is 5.69 Å². The number of nitrogens with zero attached hydrogens (tertiary/aromatic N) is 1. The summed E-state index contributed by atoms with van der Waals surface area (Å²) in [6, 6.07) is 4.13. The van der Waals surface area contributed by atoms with Gasteiger partial charge in [0.25, 0.3) is 0 Å². The molecule has 1 aromatic heterocycles. The molecular weight excluding hydrogens is 264 g/mol. The molecule has 110 valence electrons. The maximum Gasteiger partial charge on any atom is 0.221 e. The fraction of sp³-hybridized carbons (Fsp3) is 0.353. The Morgan fingerprint density at radius 2 is 1.95 bits per heavy atom. The molecule has 1 aromatic carbocycles. The van der Waals surface area contributed by atoms with Crippen molar-refractivity contribution in [3.8, 4) is 5.88 Å². The van der Waals surface area contributed by atoms with E-state index in [1.54, 1.807) is 0 Å². The number of allylic oxidation sites excluding steroid dienone is 2. The smallest absolute Gasteiger partial charge is 0.221 e. The first-order valence-electron chi connectivity index (χ1n) is 7.08. The molecule has 4 heteroatoms. The number of hydrogen-bond donors (Lipinski definition) is 2. The Balaban J connectivity index is 2.48. The number of carbonyl (C=O) groups excluding carboxylic acids is 1. The van der Waals surface area contributed by atoms with Gasteiger partial charge in [-0.3, -0.25) is 4.79 Å². The number of rotatable bonds is 1. The first-order chi connectivity index (χ1) is 9.72. The average molecular weight is 284 g/mol. The molecular formula is C17H20N2O2. The number of benzene rings is 1. The summed E-state index contributed by atoms with van der Waals surface area (Å²) in [4.78, 5) is 11.5. The van der Waals surface area contributed by atoms with Crippen LogP contribution in [-0.4, -0.2) is 15.6 Å². The maximum atomic E-state index is 11.5. The molecule has 4 nitrogen and oxygen atoms in total. The molecule has 1 aliphatic heterocycles. The highest BCUT2D eigenvalue weighted by atomic mass is 16.3. The summed E-state index contributed by atoms with van der Waals surface area (Å²) in [7, 11) is 0. The highest BCUT2D eigenvalue weighted by Crippen LogP contribution is 2.47. The second kappa shape index (κ2) is 4.13. The van der Waals surface area contributed by atoms with E-state index in [0.29, 0.717) is 5.69 Å². The Bertz CT molecular complexity index is 810. The van der Waals surface area contributed by atoms with Gasteiger partial charge in [-0.15, -0.1) is 0 Å². The number of aromatic nitrogens is 1. The second-order valence-electron chi connectivity index (χ2n) is 6.40. The van der Waals surface area contributed by atoms with Crippen LogP contribution < -0.4 is 5.32 Å². The van der Waals surface area contributed by atoms with Gasteiger partial charge in [-0.1, -0.05) is 6.08 Å². The van der Waals surface area contributed by atoms with Gasteiger partial charge in [-0.2, -0.15) is 0 Å². The van der Waals surface area contributed by atoms with E-state index in [0.717, 1.165) is 22.0 Å². The summed E-state index contributed by atoms with van der Waals surface area (Å²) < 4.78 is 1.90. The van der Waals surface area contributed by atoms with E-state index < -0.39 is 0 Å². The lowest BCUT2D eigenvalue weighted by Crippen LogP contribution is -2.26. The molecule has 2 aromatic rings. The van der Waals surface area contributed by atoms with Gasteiger partial charge in [0.15, 0.2) is 0 Å². The van der Waals surface area contributed by atoms with Crippen LogP contribution in [0.2, 0.25) is 0 Å². The largest absolute Gasteiger partial charge is 0.493 e. The molecule has 0 aliphatic carbocycles. The molecule has 2 heterocycles. The molecule has 0 radical (unpaired) electrons. The molecule has 0 fully saturated rings. The van der Waals surface area contributed by atoms with E-state index in [1.807, 2.05) is 17.6 Å². The van der Waals surface area contributed by atoms with Crippen LogP contribution in [0.3, 0.4) is 0 Å². The Morgan fingerprint density at radius 3 is 2.57 bits per heavy atom. The summed E-state index contributed by atoms with van der Waals surface area (Å²) >= 11 is 0. The molecule has 0 bridgehead atoms. The zero-order valence-electron chi connectivity index (χ0n) is 13.0. The SMILES string of the molecule is CC(=O)Nc1c(O)n2c3c(cc(C)cc13)C(C)=CC2(C)C. The van der Waals surface area contributed by atoms with E-state index in [-0.39, 0.29) is 17.3 Å². The Labute approximate surface area is 124 Å². The van der Waals surface area contributed by atoms with Gasteiger partial charge >= 0.3 is 0 Å². The quantitative estimate of drug-likeness (QED) is 0.837. The summed E-state index contributed by atoms with van der Waals surface area (Å²) in [6.45, 7) is 9.66. The predicted molar refractivity (Wildman–Crippen MR) is 85.6 cm³/mol. The highest BCUT2D eigenvalue weighted by Gasteiger charge is 2.32. The predicted octanol–water partition coefficient (Wildman–Crippen LogP) is 3.77. The average Bonchev–Trinajstić information content (AvgIpc) is 2.60. The van der Waals surface area contributed by atoms with Crippen LogP contribution in [0.5, 0.6) is 5.88 Å². The zero-order chi connectivity index (χ0) is 15.5. The summed E-state index contributed by atoms with van der Waals surface area (Å²) in [5, 5.41) is 14.3. The van der Waals surface area contributed by atoms with Crippen molar-refractivity contribution in [1.82, 2.24) is 4.57 Å². The molecule has 1 amide bonds. The molecule has 0 atom stereocenters. The fourth-order valence-corrected chi connectivity index (χ4v) is 3.38. The number of carbonyl (C=O) groups is 1. The lowest BCUT2D eigenvalue weighted by molar-refractivity contribution is -0.114. The van der Waals surface area contributed by atoms with Crippen LogP contribution in [0, 0.1) is 6.92 Å². The standard InChI is InChI=1S/C17H20N2O2/c1-9-6-12-10(2)8-17(4,5)19-15(12)13(7-9)14(16(19)21)18-11(3)20/h6-8,21H,1-5H3,(H,18,20). The van der Waals surface area contributed by atoms with Crippen molar-refractivity contribution >= 4 is 28.1 Å². The third-order valence-corrected chi connectivity index (χ3v) is 4.05. The first-order valence-corrected chi connectivity index (χ1v) is 7.08. The molecule has 21 heavy (non-hydrogen) atoms. The van der Waals surface area contributed by atoms with Crippen LogP contribution in [0.15, 0.2) is 18.2 Å². The number of hydrogen-bond acceptors (Lipinski definition) is 2. The molecule has 0 spiro atoms. The van der Waals surface area contributed by atoms with Gasteiger partial charge in [0.05, 0.1) is 11.1 Å². The van der Waals surface area contributed by atoms with Gasteiger partial charge in [0.2, 0.25) is 11.8 Å². The molecule has 2 N–H and O–H groups in total. The summed E-state index contributed by atoms with van der Waals surface area (Å²) in [6.07, 6.45) is 2.14. The number of amides is 1. The summed E-state index contributed by atoms with van der Waals surface area (Å²) in [5.74, 6) is -0.0741. The van der Waals surface area contributed by atoms with Crippen molar-refractivity contribution in [2.75, 3.05) is 5.32 Å². The van der Waals surface area contributed by atoms with Crippen molar-refractivity contribution in [2.45, 2.75) is 40.2 Å². The Morgan fingerprint density at radius 1 is 1.29 bits per heavy atom. The molecule has 0 saturated carbocycles. The highest BCUT2D eigenvalue weighted by molar-refractivity contribution is 6.08. The van der Waals surface area contributed by atoms with E-state index in [9.17, 15) is 9.90 Å². The lowest BCUT2D eigenvalue weighted by atomic mass is 9.91. The van der Waals surface area contributed by atoms with Crippen molar-refractivity contribution in [3.05, 3.63) is 29.3 Å². The Kier molecular flexibility index (Phi) is 2.70. The van der Waals surface area contributed by atoms with Gasteiger partial charge in [-0.05, 0) is 51.0 Å². The van der Waals surface area contributed by atoms with Crippen molar-refractivity contribution in [1.29, 1.82) is 0 Å². The molecule has 0 saturated heterocycles. The van der Waals surface area contributed by atoms with Gasteiger partial charge in [0, 0.05) is 17.9 Å². The minimum absolute atomic E-state index is 0.112. The van der Waals surface area contributed by atoms with Crippen molar-refractivity contribution in [3.63, 3.8) is 0 Å². The molecule has 0 unspecified atom stereocenters. The normalized spacial score (nSPS) is 16.0. The van der Waals surface area contributed by atoms with Crippen molar-refractivity contribution in [2.24, 2.45) is 0 Å². The van der Waals surface area contributed by atoms with E-state index >= 15 is 0 Å². The number of aryl methyl sites for hydroxylation is 1.